The zero-order valence-corrected chi connectivity index (χ0v) is 19.1. The normalized spacial score (nSPS) is 10.9. The van der Waals surface area contributed by atoms with Gasteiger partial charge in [-0.1, -0.05) is 50.3 Å². The van der Waals surface area contributed by atoms with Crippen molar-refractivity contribution in [3.63, 3.8) is 0 Å². The van der Waals surface area contributed by atoms with Crippen LogP contribution in [0.3, 0.4) is 0 Å². The van der Waals surface area contributed by atoms with Crippen LogP contribution in [0.15, 0.2) is 54.7 Å². The molecular weight excluding hydrogens is 427 g/mol. The lowest BCUT2D eigenvalue weighted by molar-refractivity contribution is 0.206. The molecule has 33 heavy (non-hydrogen) atoms. The molecule has 0 aliphatic heterocycles. The van der Waals surface area contributed by atoms with Crippen molar-refractivity contribution in [2.75, 3.05) is 11.9 Å². The number of nitrogens with zero attached hydrogens (tertiary/aromatic N) is 2. The van der Waals surface area contributed by atoms with Crippen LogP contribution in [0, 0.1) is 24.4 Å². The van der Waals surface area contributed by atoms with Crippen molar-refractivity contribution >= 4 is 11.7 Å². The van der Waals surface area contributed by atoms with Gasteiger partial charge in [-0.15, -0.1) is 0 Å². The molecule has 1 heterocycles. The van der Waals surface area contributed by atoms with Gasteiger partial charge in [0.05, 0.1) is 6.54 Å². The minimum Gasteiger partial charge on any atom is -0.319 e. The molecule has 0 spiro atoms. The predicted octanol–water partition coefficient (Wildman–Crippen LogP) is 7.21. The van der Waals surface area contributed by atoms with Gasteiger partial charge in [-0.3, -0.25) is 0 Å². The monoisotopic (exact) mass is 457 g/mol. The maximum atomic E-state index is 14.1. The fraction of sp³-hybridized carbons (Fsp3) is 0.346. The van der Waals surface area contributed by atoms with E-state index in [1.54, 1.807) is 0 Å². The van der Waals surface area contributed by atoms with Crippen LogP contribution in [-0.4, -0.2) is 22.0 Å². The van der Waals surface area contributed by atoms with Crippen molar-refractivity contribution in [3.05, 3.63) is 83.4 Å². The molecule has 4 nitrogen and oxygen atoms in total. The van der Waals surface area contributed by atoms with Crippen LogP contribution in [0.1, 0.15) is 50.3 Å². The number of carbonyl (C=O) groups is 1. The Morgan fingerprint density at radius 2 is 1.64 bits per heavy atom. The van der Waals surface area contributed by atoms with E-state index in [9.17, 15) is 18.0 Å². The summed E-state index contributed by atoms with van der Waals surface area (Å²) in [4.78, 5) is 14.6. The second-order valence-electron chi connectivity index (χ2n) is 8.22. The number of benzene rings is 2. The highest BCUT2D eigenvalue weighted by Crippen LogP contribution is 2.22. The lowest BCUT2D eigenvalue weighted by atomic mass is 10.1. The van der Waals surface area contributed by atoms with Gasteiger partial charge in [0.2, 0.25) is 0 Å². The summed E-state index contributed by atoms with van der Waals surface area (Å²) in [5.41, 5.74) is 2.32. The maximum absolute atomic E-state index is 14.1. The van der Waals surface area contributed by atoms with Gasteiger partial charge in [0.25, 0.3) is 0 Å². The van der Waals surface area contributed by atoms with Gasteiger partial charge in [-0.05, 0) is 37.6 Å². The fourth-order valence-electron chi connectivity index (χ4n) is 3.70. The van der Waals surface area contributed by atoms with Crippen LogP contribution in [0.4, 0.5) is 23.7 Å². The molecule has 0 aliphatic rings. The first kappa shape index (κ1) is 24.4. The van der Waals surface area contributed by atoms with E-state index in [0.717, 1.165) is 49.0 Å². The SMILES string of the molecule is CCCCCCCN(Cc1cccn1-c1ccc(C)cc1)C(=O)Nc1c(F)cc(F)cc1F. The number of halogens is 3. The van der Waals surface area contributed by atoms with Crippen LogP contribution >= 0.6 is 0 Å². The van der Waals surface area contributed by atoms with Gasteiger partial charge in [-0.25, -0.2) is 18.0 Å². The Morgan fingerprint density at radius 3 is 2.30 bits per heavy atom. The molecule has 0 saturated heterocycles. The van der Waals surface area contributed by atoms with Crippen molar-refractivity contribution in [1.82, 2.24) is 9.47 Å². The third kappa shape index (κ3) is 6.63. The second kappa shape index (κ2) is 11.6. The van der Waals surface area contributed by atoms with E-state index in [2.05, 4.69) is 12.2 Å². The zero-order chi connectivity index (χ0) is 23.8. The molecule has 3 aromatic rings. The lowest BCUT2D eigenvalue weighted by Gasteiger charge is -2.24. The molecule has 1 N–H and O–H groups in total. The van der Waals surface area contributed by atoms with E-state index in [-0.39, 0.29) is 6.54 Å². The summed E-state index contributed by atoms with van der Waals surface area (Å²) in [6.07, 6.45) is 6.93. The van der Waals surface area contributed by atoms with E-state index in [4.69, 9.17) is 0 Å². The van der Waals surface area contributed by atoms with Gasteiger partial charge in [-0.2, -0.15) is 0 Å². The number of nitrogens with one attached hydrogen (secondary N) is 1. The van der Waals surface area contributed by atoms with E-state index in [1.807, 2.05) is 54.1 Å². The molecule has 0 atom stereocenters. The van der Waals surface area contributed by atoms with E-state index < -0.39 is 29.2 Å². The second-order valence-corrected chi connectivity index (χ2v) is 8.22. The number of amides is 2. The van der Waals surface area contributed by atoms with Crippen molar-refractivity contribution in [3.8, 4) is 5.69 Å². The summed E-state index contributed by atoms with van der Waals surface area (Å²) in [5.74, 6) is -3.33. The van der Waals surface area contributed by atoms with Crippen molar-refractivity contribution < 1.29 is 18.0 Å². The Labute approximate surface area is 193 Å². The Morgan fingerprint density at radius 1 is 0.970 bits per heavy atom. The van der Waals surface area contributed by atoms with Crippen LogP contribution < -0.4 is 5.32 Å². The highest BCUT2D eigenvalue weighted by atomic mass is 19.1. The van der Waals surface area contributed by atoms with Crippen LogP contribution in [0.25, 0.3) is 5.69 Å². The van der Waals surface area contributed by atoms with E-state index >= 15 is 0 Å². The minimum atomic E-state index is -1.15. The number of unbranched alkanes of at least 4 members (excludes halogenated alkanes) is 4. The summed E-state index contributed by atoms with van der Waals surface area (Å²) in [5, 5.41) is 2.30. The summed E-state index contributed by atoms with van der Waals surface area (Å²) < 4.78 is 43.4. The molecule has 2 amide bonds. The molecule has 0 fully saturated rings. The van der Waals surface area contributed by atoms with Crippen LogP contribution in [-0.2, 0) is 6.54 Å². The number of anilines is 1. The first-order valence-electron chi connectivity index (χ1n) is 11.3. The minimum absolute atomic E-state index is 0.255. The van der Waals surface area contributed by atoms with Crippen molar-refractivity contribution in [2.45, 2.75) is 52.5 Å². The Kier molecular flexibility index (Phi) is 8.58. The Hall–Kier alpha value is -3.22. The average Bonchev–Trinajstić information content (AvgIpc) is 3.23. The lowest BCUT2D eigenvalue weighted by Crippen LogP contribution is -2.36. The fourth-order valence-corrected chi connectivity index (χ4v) is 3.70. The molecular formula is C26H30F3N3O. The molecule has 2 aromatic carbocycles. The summed E-state index contributed by atoms with van der Waals surface area (Å²) in [7, 11) is 0. The third-order valence-corrected chi connectivity index (χ3v) is 5.56. The maximum Gasteiger partial charge on any atom is 0.322 e. The van der Waals surface area contributed by atoms with Gasteiger partial charge >= 0.3 is 6.03 Å². The Balaban J connectivity index is 1.79. The number of hydrogen-bond acceptors (Lipinski definition) is 1. The van der Waals surface area contributed by atoms with Crippen molar-refractivity contribution in [1.29, 1.82) is 0 Å². The molecule has 0 saturated carbocycles. The van der Waals surface area contributed by atoms with Gasteiger partial charge < -0.3 is 14.8 Å². The standard InChI is InChI=1S/C26H30F3N3O/c1-3-4-5-6-7-14-31(26(33)30-25-23(28)16-20(27)17-24(25)29)18-22-9-8-15-32(22)21-12-10-19(2)11-13-21/h8-13,15-17H,3-7,14,18H2,1-2H3,(H,30,33). The molecule has 176 valence electrons. The molecule has 0 bridgehead atoms. The third-order valence-electron chi connectivity index (χ3n) is 5.56. The van der Waals surface area contributed by atoms with Crippen LogP contribution in [0.2, 0.25) is 0 Å². The molecule has 0 aliphatic carbocycles. The number of hydrogen-bond donors (Lipinski definition) is 1. The number of aryl methyl sites for hydroxylation is 1. The Bertz CT molecular complexity index is 1040. The van der Waals surface area contributed by atoms with E-state index in [0.29, 0.717) is 18.7 Å². The number of aromatic nitrogens is 1. The number of carbonyl (C=O) groups excluding carboxylic acids is 1. The molecule has 0 radical (unpaired) electrons. The summed E-state index contributed by atoms with van der Waals surface area (Å²) >= 11 is 0. The smallest absolute Gasteiger partial charge is 0.319 e. The molecule has 0 unspecified atom stereocenters. The summed E-state index contributed by atoms with van der Waals surface area (Å²) in [6.45, 7) is 4.83. The molecule has 3 rings (SSSR count). The zero-order valence-electron chi connectivity index (χ0n) is 19.1. The first-order valence-corrected chi connectivity index (χ1v) is 11.3. The highest BCUT2D eigenvalue weighted by Gasteiger charge is 2.20. The van der Waals surface area contributed by atoms with Gasteiger partial charge in [0, 0.05) is 36.3 Å². The van der Waals surface area contributed by atoms with Crippen LogP contribution in [0.5, 0.6) is 0 Å². The molecule has 7 heteroatoms. The van der Waals surface area contributed by atoms with Gasteiger partial charge in [0.15, 0.2) is 11.6 Å². The predicted molar refractivity (Wildman–Crippen MR) is 125 cm³/mol. The average molecular weight is 458 g/mol. The highest BCUT2D eigenvalue weighted by molar-refractivity contribution is 5.89. The number of rotatable bonds is 10. The van der Waals surface area contributed by atoms with Gasteiger partial charge in [0.1, 0.15) is 11.5 Å². The topological polar surface area (TPSA) is 37.3 Å². The first-order chi connectivity index (χ1) is 15.9. The number of urea groups is 1. The quantitative estimate of drug-likeness (QED) is 0.321. The van der Waals surface area contributed by atoms with E-state index in [1.165, 1.54) is 4.90 Å². The largest absolute Gasteiger partial charge is 0.322 e. The summed E-state index contributed by atoms with van der Waals surface area (Å²) in [6, 6.07) is 12.3. The van der Waals surface area contributed by atoms with Crippen molar-refractivity contribution in [2.24, 2.45) is 0 Å². The molecule has 1 aromatic heterocycles.